The number of hydrogen-bond donors (Lipinski definition) is 1. The van der Waals surface area contributed by atoms with Crippen LogP contribution in [-0.4, -0.2) is 21.4 Å². The first-order chi connectivity index (χ1) is 13.0. The van der Waals surface area contributed by atoms with Gasteiger partial charge in [-0.05, 0) is 43.2 Å². The molecule has 1 heterocycles. The number of benzene rings is 1. The number of nitrogens with one attached hydrogen (secondary N) is 1. The third-order valence-corrected chi connectivity index (χ3v) is 4.44. The van der Waals surface area contributed by atoms with Gasteiger partial charge in [-0.1, -0.05) is 37.4 Å². The van der Waals surface area contributed by atoms with E-state index in [2.05, 4.69) is 17.3 Å². The molecule has 2 rings (SSSR count). The lowest BCUT2D eigenvalue weighted by molar-refractivity contribution is 0.535. The highest BCUT2D eigenvalue weighted by Gasteiger charge is 2.18. The predicted octanol–water partition coefficient (Wildman–Crippen LogP) is 4.46. The van der Waals surface area contributed by atoms with Crippen LogP contribution in [0.1, 0.15) is 45.4 Å². The number of aryl methyl sites for hydroxylation is 1. The van der Waals surface area contributed by atoms with Gasteiger partial charge in [-0.3, -0.25) is 0 Å². The van der Waals surface area contributed by atoms with Gasteiger partial charge < -0.3 is 5.32 Å². The Kier molecular flexibility index (Phi) is 7.85. The summed E-state index contributed by atoms with van der Waals surface area (Å²) in [6.07, 6.45) is 6.99. The second-order valence-electron chi connectivity index (χ2n) is 6.22. The highest BCUT2D eigenvalue weighted by Crippen LogP contribution is 2.24. The molecule has 0 saturated carbocycles. The van der Waals surface area contributed by atoms with E-state index in [-0.39, 0.29) is 11.5 Å². The van der Waals surface area contributed by atoms with Crippen molar-refractivity contribution < 1.29 is 4.39 Å². The van der Waals surface area contributed by atoms with Crippen molar-refractivity contribution >= 4 is 17.2 Å². The maximum atomic E-state index is 13.3. The Morgan fingerprint density at radius 2 is 2.00 bits per heavy atom. The minimum Gasteiger partial charge on any atom is -0.393 e. The summed E-state index contributed by atoms with van der Waals surface area (Å²) in [7, 11) is 1.77. The zero-order chi connectivity index (χ0) is 19.8. The standard InChI is InChI=1S/C20H26ClFN4O/c1-4-6-7-12-25-20(27)26(18-10-8-17(22)9-11-18)19(24-25)15(5-2)13-16(21)14-23-3/h5,8-11,14,23H,4,6-7,12-13H2,1-3H3/b15-5+,16-14+. The fourth-order valence-electron chi connectivity index (χ4n) is 2.80. The van der Waals surface area contributed by atoms with Crippen molar-refractivity contribution in [3.63, 3.8) is 0 Å². The summed E-state index contributed by atoms with van der Waals surface area (Å²) in [5.74, 6) is 0.170. The van der Waals surface area contributed by atoms with Crippen molar-refractivity contribution in [3.05, 3.63) is 63.7 Å². The van der Waals surface area contributed by atoms with E-state index in [9.17, 15) is 9.18 Å². The smallest absolute Gasteiger partial charge is 0.350 e. The predicted molar refractivity (Wildman–Crippen MR) is 109 cm³/mol. The zero-order valence-electron chi connectivity index (χ0n) is 16.0. The Hall–Kier alpha value is -2.34. The van der Waals surface area contributed by atoms with E-state index < -0.39 is 0 Å². The molecule has 1 aromatic heterocycles. The van der Waals surface area contributed by atoms with Crippen LogP contribution < -0.4 is 11.0 Å². The number of aromatic nitrogens is 3. The second-order valence-corrected chi connectivity index (χ2v) is 6.70. The molecule has 0 radical (unpaired) electrons. The molecular weight excluding hydrogens is 367 g/mol. The molecular formula is C20H26ClFN4O. The molecule has 5 nitrogen and oxygen atoms in total. The Bertz CT molecular complexity index is 865. The molecule has 1 aromatic carbocycles. The lowest BCUT2D eigenvalue weighted by Gasteiger charge is -2.09. The van der Waals surface area contributed by atoms with Gasteiger partial charge in [0.05, 0.1) is 5.69 Å². The molecule has 0 bridgehead atoms. The van der Waals surface area contributed by atoms with Crippen LogP contribution in [0.15, 0.2) is 46.4 Å². The quantitative estimate of drug-likeness (QED) is 0.641. The van der Waals surface area contributed by atoms with Crippen LogP contribution in [0.3, 0.4) is 0 Å². The van der Waals surface area contributed by atoms with Crippen molar-refractivity contribution in [3.8, 4) is 5.69 Å². The van der Waals surface area contributed by atoms with Gasteiger partial charge in [0.15, 0.2) is 5.82 Å². The third-order valence-electron chi connectivity index (χ3n) is 4.19. The van der Waals surface area contributed by atoms with Crippen molar-refractivity contribution in [2.24, 2.45) is 0 Å². The summed E-state index contributed by atoms with van der Waals surface area (Å²) in [6.45, 7) is 4.54. The Morgan fingerprint density at radius 1 is 1.30 bits per heavy atom. The fourth-order valence-corrected chi connectivity index (χ4v) is 3.05. The molecule has 146 valence electrons. The highest BCUT2D eigenvalue weighted by molar-refractivity contribution is 6.30. The van der Waals surface area contributed by atoms with Crippen LogP contribution in [0.25, 0.3) is 11.3 Å². The molecule has 0 amide bonds. The summed E-state index contributed by atoms with van der Waals surface area (Å²) in [5.41, 5.74) is 1.16. The van der Waals surface area contributed by atoms with Crippen molar-refractivity contribution in [2.75, 3.05) is 7.05 Å². The van der Waals surface area contributed by atoms with Crippen LogP contribution >= 0.6 is 11.6 Å². The largest absolute Gasteiger partial charge is 0.393 e. The molecule has 0 fully saturated rings. The van der Waals surface area contributed by atoms with Gasteiger partial charge >= 0.3 is 5.69 Å². The molecule has 7 heteroatoms. The molecule has 1 N–H and O–H groups in total. The number of rotatable bonds is 9. The highest BCUT2D eigenvalue weighted by atomic mass is 35.5. The van der Waals surface area contributed by atoms with Crippen LogP contribution in [0.4, 0.5) is 4.39 Å². The number of nitrogens with zero attached hydrogens (tertiary/aromatic N) is 3. The first-order valence-electron chi connectivity index (χ1n) is 9.15. The second kappa shape index (κ2) is 10.1. The van der Waals surface area contributed by atoms with E-state index in [0.29, 0.717) is 29.5 Å². The van der Waals surface area contributed by atoms with Gasteiger partial charge in [-0.15, -0.1) is 5.10 Å². The molecule has 0 spiro atoms. The minimum atomic E-state index is -0.352. The van der Waals surface area contributed by atoms with E-state index in [1.54, 1.807) is 25.4 Å². The van der Waals surface area contributed by atoms with E-state index in [1.165, 1.54) is 21.4 Å². The van der Waals surface area contributed by atoms with Crippen LogP contribution in [0.2, 0.25) is 0 Å². The molecule has 0 aliphatic heterocycles. The van der Waals surface area contributed by atoms with Crippen LogP contribution in [-0.2, 0) is 6.54 Å². The lowest BCUT2D eigenvalue weighted by Crippen LogP contribution is -2.24. The molecule has 0 atom stereocenters. The van der Waals surface area contributed by atoms with Gasteiger partial charge in [0.1, 0.15) is 5.82 Å². The summed E-state index contributed by atoms with van der Waals surface area (Å²) < 4.78 is 16.3. The SMILES string of the molecule is C/C=C(\C/C(Cl)=C\NC)c1nn(CCCCC)c(=O)n1-c1ccc(F)cc1. The summed E-state index contributed by atoms with van der Waals surface area (Å²) in [4.78, 5) is 13.0. The van der Waals surface area contributed by atoms with E-state index in [0.717, 1.165) is 24.8 Å². The summed E-state index contributed by atoms with van der Waals surface area (Å²) >= 11 is 6.26. The maximum Gasteiger partial charge on any atom is 0.350 e. The fraction of sp³-hybridized carbons (Fsp3) is 0.400. The average molecular weight is 393 g/mol. The van der Waals surface area contributed by atoms with Gasteiger partial charge in [0.25, 0.3) is 0 Å². The summed E-state index contributed by atoms with van der Waals surface area (Å²) in [5, 5.41) is 8.06. The van der Waals surface area contributed by atoms with Crippen molar-refractivity contribution in [1.29, 1.82) is 0 Å². The Labute approximate surface area is 164 Å². The van der Waals surface area contributed by atoms with Crippen LogP contribution in [0.5, 0.6) is 0 Å². The summed E-state index contributed by atoms with van der Waals surface area (Å²) in [6, 6.07) is 5.83. The van der Waals surface area contributed by atoms with Crippen LogP contribution in [0, 0.1) is 5.82 Å². The monoisotopic (exact) mass is 392 g/mol. The average Bonchev–Trinajstić information content (AvgIpc) is 2.97. The number of allylic oxidation sites excluding steroid dienone is 3. The molecule has 27 heavy (non-hydrogen) atoms. The molecule has 0 saturated heterocycles. The number of unbranched alkanes of at least 4 members (excludes halogenated alkanes) is 2. The van der Waals surface area contributed by atoms with Crippen molar-refractivity contribution in [1.82, 2.24) is 19.7 Å². The number of halogens is 2. The van der Waals surface area contributed by atoms with E-state index in [1.807, 2.05) is 13.0 Å². The first kappa shape index (κ1) is 21.0. The number of hydrogen-bond acceptors (Lipinski definition) is 3. The maximum absolute atomic E-state index is 13.3. The van der Waals surface area contributed by atoms with Crippen molar-refractivity contribution in [2.45, 2.75) is 46.1 Å². The van der Waals surface area contributed by atoms with E-state index >= 15 is 0 Å². The minimum absolute atomic E-state index is 0.235. The van der Waals surface area contributed by atoms with Gasteiger partial charge in [0.2, 0.25) is 0 Å². The van der Waals surface area contributed by atoms with Gasteiger partial charge in [0, 0.05) is 31.2 Å². The third kappa shape index (κ3) is 5.32. The molecule has 0 aliphatic rings. The first-order valence-corrected chi connectivity index (χ1v) is 9.52. The van der Waals surface area contributed by atoms with Gasteiger partial charge in [-0.25, -0.2) is 18.4 Å². The normalized spacial score (nSPS) is 12.5. The molecule has 0 aliphatic carbocycles. The molecule has 2 aromatic rings. The Morgan fingerprint density at radius 3 is 2.59 bits per heavy atom. The molecule has 0 unspecified atom stereocenters. The Balaban J connectivity index is 2.53. The van der Waals surface area contributed by atoms with E-state index in [4.69, 9.17) is 11.6 Å². The van der Waals surface area contributed by atoms with Gasteiger partial charge in [-0.2, -0.15) is 0 Å². The topological polar surface area (TPSA) is 51.9 Å². The lowest BCUT2D eigenvalue weighted by atomic mass is 10.1. The zero-order valence-corrected chi connectivity index (χ0v) is 16.8.